The van der Waals surface area contributed by atoms with Crippen LogP contribution in [0.25, 0.3) is 0 Å². The minimum atomic E-state index is -1.04. The maximum Gasteiger partial charge on any atom is 0.361 e. The molecule has 0 spiro atoms. The Labute approximate surface area is 239 Å². The monoisotopic (exact) mass is 576 g/mol. The van der Waals surface area contributed by atoms with Crippen LogP contribution in [0.4, 0.5) is 11.4 Å². The summed E-state index contributed by atoms with van der Waals surface area (Å²) < 4.78 is 7.01. The van der Waals surface area contributed by atoms with Crippen molar-refractivity contribution in [3.63, 3.8) is 0 Å². The summed E-state index contributed by atoms with van der Waals surface area (Å²) in [6.07, 6.45) is -1.04. The SMILES string of the molecule is Cc1cc(C(=O)Oc2ccc([C@@H]3[C@@H]4C(=O)N(c5ccc(Cl)c(Cl)c5)C(=O)[C@@H]4ON3c3ccccc3)cc2)n(C)n1. The number of halogens is 2. The molecule has 0 bridgehead atoms. The lowest BCUT2D eigenvalue weighted by molar-refractivity contribution is -0.126. The van der Waals surface area contributed by atoms with Crippen LogP contribution < -0.4 is 14.7 Å². The number of aromatic nitrogens is 2. The molecular formula is C29H22Cl2N4O5. The van der Waals surface area contributed by atoms with Crippen molar-refractivity contribution in [2.24, 2.45) is 13.0 Å². The van der Waals surface area contributed by atoms with Gasteiger partial charge in [0.15, 0.2) is 6.10 Å². The van der Waals surface area contributed by atoms with Gasteiger partial charge in [0.2, 0.25) is 5.91 Å². The number of carbonyl (C=O) groups is 3. The van der Waals surface area contributed by atoms with Gasteiger partial charge in [0.05, 0.1) is 33.2 Å². The maximum atomic E-state index is 13.8. The van der Waals surface area contributed by atoms with Crippen molar-refractivity contribution in [3.05, 3.63) is 106 Å². The molecular weight excluding hydrogens is 555 g/mol. The topological polar surface area (TPSA) is 94.0 Å². The summed E-state index contributed by atoms with van der Waals surface area (Å²) >= 11 is 12.2. The molecule has 2 amide bonds. The van der Waals surface area contributed by atoms with E-state index in [1.807, 2.05) is 30.3 Å². The molecule has 1 aromatic heterocycles. The molecule has 2 aliphatic rings. The van der Waals surface area contributed by atoms with Gasteiger partial charge in [-0.3, -0.25) is 19.1 Å². The normalized spacial score (nSPS) is 20.2. The lowest BCUT2D eigenvalue weighted by Crippen LogP contribution is -2.37. The molecule has 9 nitrogen and oxygen atoms in total. The average Bonchev–Trinajstić information content (AvgIpc) is 3.58. The number of hydrogen-bond donors (Lipinski definition) is 0. The Kier molecular flexibility index (Phi) is 6.58. The van der Waals surface area contributed by atoms with Gasteiger partial charge in [-0.15, -0.1) is 0 Å². The van der Waals surface area contributed by atoms with Crippen LogP contribution in [0.2, 0.25) is 10.0 Å². The first-order valence-corrected chi connectivity index (χ1v) is 13.1. The number of amides is 2. The number of aryl methyl sites for hydroxylation is 2. The van der Waals surface area contributed by atoms with Crippen molar-refractivity contribution in [3.8, 4) is 5.75 Å². The highest BCUT2D eigenvalue weighted by Crippen LogP contribution is 2.48. The van der Waals surface area contributed by atoms with E-state index in [0.717, 1.165) is 4.90 Å². The van der Waals surface area contributed by atoms with E-state index in [9.17, 15) is 14.4 Å². The Morgan fingerprint density at radius 2 is 1.62 bits per heavy atom. The molecule has 40 heavy (non-hydrogen) atoms. The van der Waals surface area contributed by atoms with E-state index in [2.05, 4.69) is 5.10 Å². The summed E-state index contributed by atoms with van der Waals surface area (Å²) in [5.74, 6) is -1.97. The van der Waals surface area contributed by atoms with Gasteiger partial charge >= 0.3 is 5.97 Å². The van der Waals surface area contributed by atoms with Gasteiger partial charge in [-0.05, 0) is 61.0 Å². The summed E-state index contributed by atoms with van der Waals surface area (Å²) in [6, 6.07) is 21.6. The van der Waals surface area contributed by atoms with E-state index in [0.29, 0.717) is 39.1 Å². The molecule has 6 rings (SSSR count). The van der Waals surface area contributed by atoms with Crippen LogP contribution in [-0.4, -0.2) is 33.7 Å². The second-order valence-electron chi connectivity index (χ2n) is 9.52. The van der Waals surface area contributed by atoms with Gasteiger partial charge in [0.1, 0.15) is 17.4 Å². The Morgan fingerprint density at radius 1 is 0.900 bits per heavy atom. The molecule has 3 heterocycles. The highest BCUT2D eigenvalue weighted by molar-refractivity contribution is 6.42. The predicted octanol–water partition coefficient (Wildman–Crippen LogP) is 5.31. The molecule has 0 radical (unpaired) electrons. The van der Waals surface area contributed by atoms with Crippen LogP contribution in [0.3, 0.4) is 0 Å². The van der Waals surface area contributed by atoms with E-state index in [-0.39, 0.29) is 5.02 Å². The summed E-state index contributed by atoms with van der Waals surface area (Å²) in [6.45, 7) is 1.79. The van der Waals surface area contributed by atoms with Gasteiger partial charge in [-0.25, -0.2) is 14.8 Å². The third-order valence-electron chi connectivity index (χ3n) is 6.93. The maximum absolute atomic E-state index is 13.8. The van der Waals surface area contributed by atoms with E-state index >= 15 is 0 Å². The number of anilines is 2. The number of para-hydroxylation sites is 1. The number of esters is 1. The minimum absolute atomic E-state index is 0.228. The molecule has 2 saturated heterocycles. The van der Waals surface area contributed by atoms with Crippen molar-refractivity contribution in [2.45, 2.75) is 19.1 Å². The van der Waals surface area contributed by atoms with Crippen LogP contribution in [-0.2, 0) is 21.5 Å². The summed E-state index contributed by atoms with van der Waals surface area (Å²) in [7, 11) is 1.67. The Morgan fingerprint density at radius 3 is 2.27 bits per heavy atom. The van der Waals surface area contributed by atoms with Crippen molar-refractivity contribution in [1.82, 2.24) is 9.78 Å². The third-order valence-corrected chi connectivity index (χ3v) is 7.67. The number of fused-ring (bicyclic) bond motifs is 1. The van der Waals surface area contributed by atoms with Gasteiger partial charge in [-0.2, -0.15) is 5.10 Å². The smallest absolute Gasteiger partial charge is 0.361 e. The molecule has 0 N–H and O–H groups in total. The molecule has 4 aromatic rings. The predicted molar refractivity (Wildman–Crippen MR) is 148 cm³/mol. The van der Waals surface area contributed by atoms with E-state index in [1.54, 1.807) is 55.4 Å². The fourth-order valence-electron chi connectivity index (χ4n) is 5.12. The van der Waals surface area contributed by atoms with Crippen molar-refractivity contribution < 1.29 is 24.0 Å². The molecule has 3 aromatic carbocycles. The first kappa shape index (κ1) is 26.1. The Hall–Kier alpha value is -4.18. The zero-order valence-corrected chi connectivity index (χ0v) is 22.8. The summed E-state index contributed by atoms with van der Waals surface area (Å²) in [4.78, 5) is 47.2. The lowest BCUT2D eigenvalue weighted by Gasteiger charge is -2.29. The zero-order valence-electron chi connectivity index (χ0n) is 21.3. The van der Waals surface area contributed by atoms with Crippen LogP contribution in [0, 0.1) is 12.8 Å². The first-order valence-electron chi connectivity index (χ1n) is 12.4. The van der Waals surface area contributed by atoms with Crippen LogP contribution in [0.5, 0.6) is 5.75 Å². The molecule has 11 heteroatoms. The van der Waals surface area contributed by atoms with E-state index in [4.69, 9.17) is 32.8 Å². The highest BCUT2D eigenvalue weighted by Gasteiger charge is 2.60. The van der Waals surface area contributed by atoms with Crippen molar-refractivity contribution in [2.75, 3.05) is 9.96 Å². The highest BCUT2D eigenvalue weighted by atomic mass is 35.5. The number of ether oxygens (including phenoxy) is 1. The Balaban J connectivity index is 1.33. The summed E-state index contributed by atoms with van der Waals surface area (Å²) in [5, 5.41) is 6.31. The van der Waals surface area contributed by atoms with Gasteiger partial charge in [0.25, 0.3) is 5.91 Å². The van der Waals surface area contributed by atoms with Crippen molar-refractivity contribution >= 4 is 52.4 Å². The zero-order chi connectivity index (χ0) is 28.1. The minimum Gasteiger partial charge on any atom is -0.422 e. The molecule has 3 atom stereocenters. The molecule has 0 unspecified atom stereocenters. The largest absolute Gasteiger partial charge is 0.422 e. The number of hydrogen-bond acceptors (Lipinski definition) is 7. The number of carbonyl (C=O) groups excluding carboxylic acids is 3. The van der Waals surface area contributed by atoms with Crippen LogP contribution in [0.1, 0.15) is 27.8 Å². The van der Waals surface area contributed by atoms with Gasteiger partial charge in [0, 0.05) is 7.05 Å². The first-order chi connectivity index (χ1) is 19.2. The van der Waals surface area contributed by atoms with Gasteiger partial charge < -0.3 is 4.74 Å². The molecule has 202 valence electrons. The molecule has 0 aliphatic carbocycles. The molecule has 2 aliphatic heterocycles. The third kappa shape index (κ3) is 4.42. The van der Waals surface area contributed by atoms with Gasteiger partial charge in [-0.1, -0.05) is 53.5 Å². The number of imide groups is 1. The quantitative estimate of drug-likeness (QED) is 0.180. The van der Waals surface area contributed by atoms with Crippen LogP contribution >= 0.6 is 23.2 Å². The number of hydroxylamine groups is 1. The standard InChI is InChI=1S/C29H22Cl2N4O5/c1-16-14-23(33(2)32-16)29(38)39-20-11-8-17(9-12-20)25-24-26(40-35(25)18-6-4-3-5-7-18)28(37)34(27(24)36)19-10-13-21(30)22(31)15-19/h3-15,24-26H,1-2H3/t24-,25+,26+/m0/s1. The number of benzene rings is 3. The number of rotatable bonds is 5. The number of nitrogens with zero attached hydrogens (tertiary/aromatic N) is 4. The fraction of sp³-hybridized carbons (Fsp3) is 0.172. The van der Waals surface area contributed by atoms with E-state index in [1.165, 1.54) is 16.8 Å². The van der Waals surface area contributed by atoms with Crippen molar-refractivity contribution in [1.29, 1.82) is 0 Å². The second kappa shape index (κ2) is 10.1. The molecule has 2 fully saturated rings. The molecule has 0 saturated carbocycles. The average molecular weight is 577 g/mol. The van der Waals surface area contributed by atoms with Crippen LogP contribution in [0.15, 0.2) is 78.9 Å². The Bertz CT molecular complexity index is 1640. The second-order valence-corrected chi connectivity index (χ2v) is 10.3. The lowest BCUT2D eigenvalue weighted by atomic mass is 9.90. The van der Waals surface area contributed by atoms with E-state index < -0.39 is 35.8 Å². The summed E-state index contributed by atoms with van der Waals surface area (Å²) in [5.41, 5.74) is 2.73. The fourth-order valence-corrected chi connectivity index (χ4v) is 5.42.